The lowest BCUT2D eigenvalue weighted by molar-refractivity contribution is 0.534. The van der Waals surface area contributed by atoms with Gasteiger partial charge in [0.15, 0.2) is 0 Å². The van der Waals surface area contributed by atoms with Gasteiger partial charge >= 0.3 is 19.3 Å². The van der Waals surface area contributed by atoms with Crippen molar-refractivity contribution >= 4 is 28.3 Å². The zero-order valence-electron chi connectivity index (χ0n) is 7.20. The lowest BCUT2D eigenvalue weighted by Gasteiger charge is -2.02. The summed E-state index contributed by atoms with van der Waals surface area (Å²) in [7, 11) is 5.68. The van der Waals surface area contributed by atoms with Crippen molar-refractivity contribution in [3.63, 3.8) is 0 Å². The first-order valence-electron chi connectivity index (χ1n) is 4.33. The topological polar surface area (TPSA) is 0 Å². The van der Waals surface area contributed by atoms with E-state index in [2.05, 4.69) is 13.8 Å². The monoisotopic (exact) mass is 172 g/mol. The Labute approximate surface area is 78.2 Å². The Morgan fingerprint density at radius 2 is 1.90 bits per heavy atom. The van der Waals surface area contributed by atoms with Crippen LogP contribution in [0.3, 0.4) is 0 Å². The standard InChI is InChI=1S/C8H17.ClH.Mg/c1-4-5-6-7-8(2)3;;/h8H,1,4-7H2,2-3H3;1H;/q;;+1/p-1. The summed E-state index contributed by atoms with van der Waals surface area (Å²) >= 11 is -0.161. The molecule has 0 spiro atoms. The minimum absolute atomic E-state index is 0.161. The molecule has 0 fully saturated rings. The molecule has 0 bridgehead atoms. The minimum atomic E-state index is -0.161. The van der Waals surface area contributed by atoms with Crippen molar-refractivity contribution in [3.8, 4) is 0 Å². The molecule has 0 aromatic rings. The van der Waals surface area contributed by atoms with Gasteiger partial charge in [-0.05, 0) is 5.92 Å². The molecule has 0 nitrogen and oxygen atoms in total. The van der Waals surface area contributed by atoms with Crippen molar-refractivity contribution < 1.29 is 0 Å². The molecule has 0 amide bonds. The maximum Gasteiger partial charge on any atom is 0.501 e. The zero-order valence-corrected chi connectivity index (χ0v) is 9.37. The number of hydrogen-bond donors (Lipinski definition) is 0. The molecule has 0 atom stereocenters. The van der Waals surface area contributed by atoms with E-state index in [0.717, 1.165) is 5.92 Å². The van der Waals surface area contributed by atoms with E-state index < -0.39 is 0 Å². The average molecular weight is 173 g/mol. The highest BCUT2D eigenvalue weighted by atomic mass is 35.5. The van der Waals surface area contributed by atoms with Crippen LogP contribution >= 0.6 is 9.07 Å². The molecule has 58 valence electrons. The smallest absolute Gasteiger partial charge is 0.346 e. The predicted molar refractivity (Wildman–Crippen MR) is 49.7 cm³/mol. The Balaban J connectivity index is 2.77. The van der Waals surface area contributed by atoms with Gasteiger partial charge < -0.3 is 9.07 Å². The SMILES string of the molecule is CC(C)CCCC[CH2][Mg][Cl]. The van der Waals surface area contributed by atoms with Gasteiger partial charge in [-0.1, -0.05) is 39.5 Å². The van der Waals surface area contributed by atoms with Crippen molar-refractivity contribution in [1.29, 1.82) is 0 Å². The van der Waals surface area contributed by atoms with E-state index in [1.54, 1.807) is 0 Å². The zero-order chi connectivity index (χ0) is 7.82. The van der Waals surface area contributed by atoms with Gasteiger partial charge in [0.2, 0.25) is 0 Å². The number of hydrogen-bond acceptors (Lipinski definition) is 0. The van der Waals surface area contributed by atoms with Crippen LogP contribution in [0.1, 0.15) is 39.5 Å². The molecule has 10 heavy (non-hydrogen) atoms. The molecule has 0 aromatic carbocycles. The van der Waals surface area contributed by atoms with Crippen molar-refractivity contribution in [1.82, 2.24) is 0 Å². The highest BCUT2D eigenvalue weighted by molar-refractivity contribution is 6.93. The van der Waals surface area contributed by atoms with E-state index in [1.165, 1.54) is 30.2 Å². The van der Waals surface area contributed by atoms with Crippen molar-refractivity contribution in [3.05, 3.63) is 0 Å². The van der Waals surface area contributed by atoms with E-state index in [9.17, 15) is 0 Å². The van der Waals surface area contributed by atoms with Gasteiger partial charge in [-0.25, -0.2) is 0 Å². The summed E-state index contributed by atoms with van der Waals surface area (Å²) in [6.45, 7) is 4.58. The molecule has 0 radical (unpaired) electrons. The fourth-order valence-electron chi connectivity index (χ4n) is 1.00. The summed E-state index contributed by atoms with van der Waals surface area (Å²) in [6, 6.07) is 0. The summed E-state index contributed by atoms with van der Waals surface area (Å²) in [4.78, 5) is 0. The van der Waals surface area contributed by atoms with E-state index >= 15 is 0 Å². The van der Waals surface area contributed by atoms with E-state index in [1.807, 2.05) is 0 Å². The number of rotatable bonds is 6. The summed E-state index contributed by atoms with van der Waals surface area (Å²) in [6.07, 6.45) is 5.58. The predicted octanol–water partition coefficient (Wildman–Crippen LogP) is 3.48. The molecular formula is C8H17ClMg. The van der Waals surface area contributed by atoms with Crippen LogP contribution in [0.15, 0.2) is 0 Å². The number of unbranched alkanes of at least 4 members (excludes halogenated alkanes) is 2. The largest absolute Gasteiger partial charge is 0.501 e. The third-order valence-corrected chi connectivity index (χ3v) is 3.23. The van der Waals surface area contributed by atoms with Crippen LogP contribution in [-0.4, -0.2) is 19.3 Å². The van der Waals surface area contributed by atoms with Crippen LogP contribution in [0, 0.1) is 5.92 Å². The lowest BCUT2D eigenvalue weighted by Crippen LogP contribution is -1.87. The highest BCUT2D eigenvalue weighted by Crippen LogP contribution is 2.09. The van der Waals surface area contributed by atoms with Crippen LogP contribution in [0.5, 0.6) is 0 Å². The molecule has 0 saturated heterocycles. The lowest BCUT2D eigenvalue weighted by atomic mass is 10.1. The number of halogens is 1. The van der Waals surface area contributed by atoms with E-state index in [4.69, 9.17) is 9.07 Å². The second-order valence-electron chi connectivity index (χ2n) is 3.29. The van der Waals surface area contributed by atoms with Crippen molar-refractivity contribution in [2.24, 2.45) is 5.92 Å². The summed E-state index contributed by atoms with van der Waals surface area (Å²) < 4.78 is 1.33. The van der Waals surface area contributed by atoms with Crippen LogP contribution in [0.4, 0.5) is 0 Å². The van der Waals surface area contributed by atoms with Gasteiger partial charge in [0.1, 0.15) is 0 Å². The molecule has 0 rings (SSSR count). The van der Waals surface area contributed by atoms with E-state index in [0.29, 0.717) is 0 Å². The molecule has 0 aliphatic carbocycles. The fraction of sp³-hybridized carbons (Fsp3) is 1.00. The van der Waals surface area contributed by atoms with Gasteiger partial charge in [0.05, 0.1) is 0 Å². The second-order valence-corrected chi connectivity index (χ2v) is 5.50. The van der Waals surface area contributed by atoms with Gasteiger partial charge in [-0.3, -0.25) is 0 Å². The maximum atomic E-state index is 5.68. The third kappa shape index (κ3) is 9.06. The van der Waals surface area contributed by atoms with Crippen LogP contribution in [-0.2, 0) is 0 Å². The molecule has 2 heteroatoms. The van der Waals surface area contributed by atoms with Gasteiger partial charge in [0.25, 0.3) is 0 Å². The maximum absolute atomic E-state index is 5.68. The molecule has 0 aliphatic heterocycles. The summed E-state index contributed by atoms with van der Waals surface area (Å²) in [5, 5.41) is 0. The van der Waals surface area contributed by atoms with Crippen LogP contribution in [0.25, 0.3) is 0 Å². The first-order chi connectivity index (χ1) is 4.77. The van der Waals surface area contributed by atoms with Gasteiger partial charge in [-0.15, -0.1) is 4.55 Å². The molecular weight excluding hydrogens is 156 g/mol. The first-order valence-corrected chi connectivity index (χ1v) is 7.47. The Hall–Kier alpha value is 1.06. The first kappa shape index (κ1) is 11.1. The molecule has 0 aliphatic rings. The highest BCUT2D eigenvalue weighted by Gasteiger charge is 1.94. The molecule has 0 unspecified atom stereocenters. The van der Waals surface area contributed by atoms with Gasteiger partial charge in [0, 0.05) is 0 Å². The van der Waals surface area contributed by atoms with Gasteiger partial charge in [-0.2, -0.15) is 0 Å². The molecule has 0 aromatic heterocycles. The van der Waals surface area contributed by atoms with Crippen molar-refractivity contribution in [2.75, 3.05) is 0 Å². The third-order valence-electron chi connectivity index (χ3n) is 1.67. The molecule has 0 saturated carbocycles. The van der Waals surface area contributed by atoms with Crippen LogP contribution < -0.4 is 0 Å². The van der Waals surface area contributed by atoms with Crippen LogP contribution in [0.2, 0.25) is 4.55 Å². The van der Waals surface area contributed by atoms with Crippen molar-refractivity contribution in [2.45, 2.75) is 44.1 Å². The normalized spacial score (nSPS) is 10.0. The second kappa shape index (κ2) is 8.16. The summed E-state index contributed by atoms with van der Waals surface area (Å²) in [5.74, 6) is 0.883. The van der Waals surface area contributed by atoms with E-state index in [-0.39, 0.29) is 19.3 Å². The Morgan fingerprint density at radius 3 is 2.40 bits per heavy atom. The Bertz CT molecular complexity index is 64.3. The summed E-state index contributed by atoms with van der Waals surface area (Å²) in [5.41, 5.74) is 0. The Morgan fingerprint density at radius 1 is 1.20 bits per heavy atom. The molecule has 0 heterocycles. The molecule has 0 N–H and O–H groups in total. The minimum Gasteiger partial charge on any atom is -0.346 e. The quantitative estimate of drug-likeness (QED) is 0.426. The average Bonchev–Trinajstić information content (AvgIpc) is 1.87. The Kier molecular flexibility index (Phi) is 9.02. The fourth-order valence-corrected chi connectivity index (χ4v) is 2.11.